The van der Waals surface area contributed by atoms with Crippen LogP contribution in [0.3, 0.4) is 0 Å². The Bertz CT molecular complexity index is 1130. The molecule has 2 aromatic heterocycles. The van der Waals surface area contributed by atoms with E-state index >= 15 is 0 Å². The maximum absolute atomic E-state index is 12.8. The second-order valence-corrected chi connectivity index (χ2v) is 10.2. The molecular formula is C24H28N4O3S2. The van der Waals surface area contributed by atoms with Crippen LogP contribution in [0.1, 0.15) is 59.6 Å². The van der Waals surface area contributed by atoms with Crippen LogP contribution < -0.4 is 5.32 Å². The third-order valence-corrected chi connectivity index (χ3v) is 7.89. The lowest BCUT2D eigenvalue weighted by Gasteiger charge is -2.11. The molecule has 7 nitrogen and oxygen atoms in total. The topological polar surface area (TPSA) is 86.1 Å². The quantitative estimate of drug-likeness (QED) is 0.335. The molecule has 9 heteroatoms. The molecule has 2 heterocycles. The summed E-state index contributed by atoms with van der Waals surface area (Å²) in [6.07, 6.45) is 4.78. The van der Waals surface area contributed by atoms with Crippen LogP contribution in [0.5, 0.6) is 0 Å². The molecule has 1 saturated carbocycles. The zero-order valence-electron chi connectivity index (χ0n) is 19.1. The van der Waals surface area contributed by atoms with Crippen molar-refractivity contribution in [2.45, 2.75) is 57.1 Å². The number of thiophene rings is 1. The Morgan fingerprint density at radius 1 is 1.21 bits per heavy atom. The average molecular weight is 485 g/mol. The standard InChI is InChI=1S/C24H28N4O3S2/c1-4-28-21(17-12-8-9-13-17)26-27-24(28)32-14-18(29)25-22-20(23(30)31-3)19(15(2)33-22)16-10-6-5-7-11-16/h5-7,10-11,17H,4,8-9,12-14H2,1-3H3,(H,25,29). The first-order valence-corrected chi connectivity index (χ1v) is 13.0. The summed E-state index contributed by atoms with van der Waals surface area (Å²) in [4.78, 5) is 26.4. The van der Waals surface area contributed by atoms with Gasteiger partial charge in [-0.2, -0.15) is 0 Å². The minimum absolute atomic E-state index is 0.182. The molecule has 0 spiro atoms. The van der Waals surface area contributed by atoms with E-state index in [0.29, 0.717) is 16.5 Å². The summed E-state index contributed by atoms with van der Waals surface area (Å²) in [6, 6.07) is 9.67. The normalized spacial score (nSPS) is 13.9. The number of hydrogen-bond donors (Lipinski definition) is 1. The Hall–Kier alpha value is -2.65. The number of nitrogens with one attached hydrogen (secondary N) is 1. The lowest BCUT2D eigenvalue weighted by Crippen LogP contribution is -2.16. The molecule has 1 aliphatic rings. The van der Waals surface area contributed by atoms with Gasteiger partial charge in [-0.3, -0.25) is 4.79 Å². The van der Waals surface area contributed by atoms with Crippen molar-refractivity contribution in [3.05, 3.63) is 46.6 Å². The van der Waals surface area contributed by atoms with Crippen molar-refractivity contribution in [2.75, 3.05) is 18.2 Å². The number of nitrogens with zero attached hydrogens (tertiary/aromatic N) is 3. The van der Waals surface area contributed by atoms with Crippen molar-refractivity contribution >= 4 is 40.0 Å². The highest BCUT2D eigenvalue weighted by atomic mass is 32.2. The van der Waals surface area contributed by atoms with E-state index in [1.165, 1.54) is 43.1 Å². The van der Waals surface area contributed by atoms with Crippen LogP contribution in [-0.2, 0) is 16.1 Å². The first-order chi connectivity index (χ1) is 16.0. The minimum Gasteiger partial charge on any atom is -0.465 e. The van der Waals surface area contributed by atoms with Crippen LogP contribution in [0.25, 0.3) is 11.1 Å². The van der Waals surface area contributed by atoms with Crippen molar-refractivity contribution in [1.29, 1.82) is 0 Å². The number of amides is 1. The number of hydrogen-bond acceptors (Lipinski definition) is 7. The number of esters is 1. The smallest absolute Gasteiger partial charge is 0.341 e. The maximum Gasteiger partial charge on any atom is 0.341 e. The molecule has 33 heavy (non-hydrogen) atoms. The Morgan fingerprint density at radius 2 is 1.94 bits per heavy atom. The second kappa shape index (κ2) is 10.5. The Labute approximate surface area is 201 Å². The van der Waals surface area contributed by atoms with Crippen LogP contribution in [0, 0.1) is 6.92 Å². The highest BCUT2D eigenvalue weighted by Gasteiger charge is 2.26. The number of carbonyl (C=O) groups is 2. The molecule has 4 rings (SSSR count). The van der Waals surface area contributed by atoms with Gasteiger partial charge in [-0.25, -0.2) is 4.79 Å². The summed E-state index contributed by atoms with van der Waals surface area (Å²) >= 11 is 2.75. The van der Waals surface area contributed by atoms with Crippen LogP contribution in [-0.4, -0.2) is 39.5 Å². The number of rotatable bonds is 8. The van der Waals surface area contributed by atoms with Gasteiger partial charge in [0.05, 0.1) is 12.9 Å². The SMILES string of the molecule is CCn1c(SCC(=O)Nc2sc(C)c(-c3ccccc3)c2C(=O)OC)nnc1C1CCCC1. The number of anilines is 1. The molecule has 1 fully saturated rings. The molecule has 1 amide bonds. The van der Waals surface area contributed by atoms with Gasteiger partial charge in [-0.15, -0.1) is 21.5 Å². The first kappa shape index (κ1) is 23.5. The molecule has 0 saturated heterocycles. The Kier molecular flexibility index (Phi) is 7.49. The second-order valence-electron chi connectivity index (χ2n) is 8.00. The molecular weight excluding hydrogens is 456 g/mol. The summed E-state index contributed by atoms with van der Waals surface area (Å²) in [6.45, 7) is 4.80. The van der Waals surface area contributed by atoms with Crippen molar-refractivity contribution in [1.82, 2.24) is 14.8 Å². The average Bonchev–Trinajstić information content (AvgIpc) is 3.56. The van der Waals surface area contributed by atoms with E-state index in [0.717, 1.165) is 46.4 Å². The minimum atomic E-state index is -0.465. The zero-order chi connectivity index (χ0) is 23.4. The van der Waals surface area contributed by atoms with Gasteiger partial charge in [-0.05, 0) is 32.3 Å². The van der Waals surface area contributed by atoms with Crippen LogP contribution in [0.2, 0.25) is 0 Å². The van der Waals surface area contributed by atoms with Crippen molar-refractivity contribution in [3.8, 4) is 11.1 Å². The third-order valence-electron chi connectivity index (χ3n) is 5.90. The Balaban J connectivity index is 1.51. The summed E-state index contributed by atoms with van der Waals surface area (Å²) < 4.78 is 7.16. The molecule has 0 radical (unpaired) electrons. The van der Waals surface area contributed by atoms with E-state index in [1.807, 2.05) is 37.3 Å². The summed E-state index contributed by atoms with van der Waals surface area (Å²) in [5.74, 6) is 1.02. The van der Waals surface area contributed by atoms with Gasteiger partial charge in [0.15, 0.2) is 5.16 Å². The molecule has 1 N–H and O–H groups in total. The molecule has 0 atom stereocenters. The van der Waals surface area contributed by atoms with E-state index in [4.69, 9.17) is 4.74 Å². The van der Waals surface area contributed by atoms with E-state index in [1.54, 1.807) is 0 Å². The van der Waals surface area contributed by atoms with E-state index in [-0.39, 0.29) is 11.7 Å². The number of methoxy groups -OCH3 is 1. The van der Waals surface area contributed by atoms with E-state index in [2.05, 4.69) is 27.0 Å². The van der Waals surface area contributed by atoms with Crippen molar-refractivity contribution in [2.24, 2.45) is 0 Å². The van der Waals surface area contributed by atoms with E-state index < -0.39 is 5.97 Å². The van der Waals surface area contributed by atoms with Gasteiger partial charge in [-0.1, -0.05) is 54.9 Å². The third kappa shape index (κ3) is 4.99. The lowest BCUT2D eigenvalue weighted by atomic mass is 10.0. The maximum atomic E-state index is 12.8. The van der Waals surface area contributed by atoms with Gasteiger partial charge < -0.3 is 14.6 Å². The van der Waals surface area contributed by atoms with Gasteiger partial charge in [0, 0.05) is 22.9 Å². The fraction of sp³-hybridized carbons (Fsp3) is 0.417. The fourth-order valence-corrected chi connectivity index (χ4v) is 6.25. The first-order valence-electron chi connectivity index (χ1n) is 11.2. The molecule has 0 bridgehead atoms. The van der Waals surface area contributed by atoms with Crippen molar-refractivity contribution in [3.63, 3.8) is 0 Å². The van der Waals surface area contributed by atoms with Gasteiger partial charge in [0.1, 0.15) is 16.4 Å². The fourth-order valence-electron chi connectivity index (χ4n) is 4.36. The predicted molar refractivity (Wildman–Crippen MR) is 132 cm³/mol. The number of ether oxygens (including phenoxy) is 1. The summed E-state index contributed by atoms with van der Waals surface area (Å²) in [7, 11) is 1.35. The molecule has 1 aromatic carbocycles. The molecule has 3 aromatic rings. The number of carbonyl (C=O) groups excluding carboxylic acids is 2. The molecule has 174 valence electrons. The number of benzene rings is 1. The molecule has 0 aliphatic heterocycles. The highest BCUT2D eigenvalue weighted by molar-refractivity contribution is 7.99. The molecule has 1 aliphatic carbocycles. The summed E-state index contributed by atoms with van der Waals surface area (Å²) in [5.41, 5.74) is 2.10. The number of aryl methyl sites for hydroxylation is 1. The lowest BCUT2D eigenvalue weighted by molar-refractivity contribution is -0.113. The van der Waals surface area contributed by atoms with Gasteiger partial charge in [0.2, 0.25) is 5.91 Å². The van der Waals surface area contributed by atoms with Crippen LogP contribution in [0.4, 0.5) is 5.00 Å². The highest BCUT2D eigenvalue weighted by Crippen LogP contribution is 2.40. The monoisotopic (exact) mass is 484 g/mol. The zero-order valence-corrected chi connectivity index (χ0v) is 20.7. The number of thioether (sulfide) groups is 1. The van der Waals surface area contributed by atoms with E-state index in [9.17, 15) is 9.59 Å². The van der Waals surface area contributed by atoms with Gasteiger partial charge in [0.25, 0.3) is 0 Å². The van der Waals surface area contributed by atoms with Gasteiger partial charge >= 0.3 is 5.97 Å². The predicted octanol–water partition coefficient (Wildman–Crippen LogP) is 5.51. The number of aromatic nitrogens is 3. The largest absolute Gasteiger partial charge is 0.465 e. The van der Waals surface area contributed by atoms with Crippen LogP contribution >= 0.6 is 23.1 Å². The van der Waals surface area contributed by atoms with Crippen molar-refractivity contribution < 1.29 is 14.3 Å². The molecule has 0 unspecified atom stereocenters. The summed E-state index contributed by atoms with van der Waals surface area (Å²) in [5, 5.41) is 13.0. The Morgan fingerprint density at radius 3 is 2.61 bits per heavy atom. The van der Waals surface area contributed by atoms with Crippen LogP contribution in [0.15, 0.2) is 35.5 Å².